The third kappa shape index (κ3) is 3.87. The van der Waals surface area contributed by atoms with E-state index < -0.39 is 17.9 Å². The van der Waals surface area contributed by atoms with Crippen LogP contribution in [0.15, 0.2) is 47.2 Å². The number of anilines is 1. The number of hydrogen-bond acceptors (Lipinski definition) is 5. The number of nitrogens with zero attached hydrogens (tertiary/aromatic N) is 2. The van der Waals surface area contributed by atoms with Gasteiger partial charge in [0.15, 0.2) is 0 Å². The number of amides is 3. The van der Waals surface area contributed by atoms with Crippen molar-refractivity contribution in [2.24, 2.45) is 0 Å². The molecule has 1 aliphatic heterocycles. The van der Waals surface area contributed by atoms with Crippen molar-refractivity contribution in [1.29, 1.82) is 0 Å². The molecule has 0 radical (unpaired) electrons. The maximum absolute atomic E-state index is 12.5. The topological polar surface area (TPSA) is 91.4 Å². The number of carbonyl (C=O) groups excluding carboxylic acids is 3. The Kier molecular flexibility index (Phi) is 5.12. The monoisotopic (exact) mass is 422 g/mol. The molecule has 0 saturated carbocycles. The van der Waals surface area contributed by atoms with E-state index in [-0.39, 0.29) is 12.3 Å². The summed E-state index contributed by atoms with van der Waals surface area (Å²) in [7, 11) is 0. The number of pyridine rings is 1. The van der Waals surface area contributed by atoms with Gasteiger partial charge in [0, 0.05) is 21.9 Å². The summed E-state index contributed by atoms with van der Waals surface area (Å²) >= 11 is 9.13. The van der Waals surface area contributed by atoms with E-state index >= 15 is 0 Å². The molecule has 1 fully saturated rings. The van der Waals surface area contributed by atoms with Crippen LogP contribution in [0.3, 0.4) is 0 Å². The van der Waals surface area contributed by atoms with Crippen LogP contribution in [0.2, 0.25) is 5.02 Å². The third-order valence-electron chi connectivity index (χ3n) is 3.54. The van der Waals surface area contributed by atoms with Gasteiger partial charge in [0.05, 0.1) is 17.7 Å². The molecule has 2 aromatic rings. The van der Waals surface area contributed by atoms with E-state index in [2.05, 4.69) is 31.8 Å². The van der Waals surface area contributed by atoms with E-state index in [1.165, 1.54) is 12.3 Å². The van der Waals surface area contributed by atoms with Crippen LogP contribution in [0.4, 0.5) is 5.69 Å². The van der Waals surface area contributed by atoms with Gasteiger partial charge in [-0.15, -0.1) is 0 Å². The molecule has 3 rings (SSSR count). The molecule has 0 bridgehead atoms. The second-order valence-corrected chi connectivity index (χ2v) is 6.65. The van der Waals surface area contributed by atoms with Gasteiger partial charge >= 0.3 is 0 Å². The van der Waals surface area contributed by atoms with Gasteiger partial charge in [-0.1, -0.05) is 17.7 Å². The van der Waals surface area contributed by atoms with Crippen LogP contribution in [0, 0.1) is 0 Å². The Balaban J connectivity index is 1.67. The quantitative estimate of drug-likeness (QED) is 0.580. The zero-order valence-electron chi connectivity index (χ0n) is 12.7. The summed E-state index contributed by atoms with van der Waals surface area (Å²) in [5, 5.41) is 0.421. The summed E-state index contributed by atoms with van der Waals surface area (Å²) in [6.45, 7) is 0. The number of hydrazine groups is 1. The van der Waals surface area contributed by atoms with Crippen molar-refractivity contribution in [2.45, 2.75) is 12.5 Å². The normalized spacial score (nSPS) is 17.0. The van der Waals surface area contributed by atoms with Crippen LogP contribution >= 0.6 is 27.5 Å². The van der Waals surface area contributed by atoms with Gasteiger partial charge in [0.25, 0.3) is 11.8 Å². The van der Waals surface area contributed by atoms with E-state index in [1.807, 2.05) is 0 Å². The molecule has 1 aromatic carbocycles. The first-order valence-corrected chi connectivity index (χ1v) is 8.41. The lowest BCUT2D eigenvalue weighted by Gasteiger charge is -2.16. The molecule has 0 aliphatic carbocycles. The molecule has 1 aliphatic rings. The number of carbonyl (C=O) groups is 3. The molecule has 25 heavy (non-hydrogen) atoms. The first kappa shape index (κ1) is 17.5. The van der Waals surface area contributed by atoms with Gasteiger partial charge in [-0.3, -0.25) is 24.8 Å². The average Bonchev–Trinajstić information content (AvgIpc) is 2.86. The average molecular weight is 424 g/mol. The van der Waals surface area contributed by atoms with Crippen molar-refractivity contribution in [2.75, 3.05) is 4.90 Å². The smallest absolute Gasteiger partial charge is 0.266 e. The Bertz CT molecular complexity index is 861. The van der Waals surface area contributed by atoms with Gasteiger partial charge in [-0.2, -0.15) is 0 Å². The lowest BCUT2D eigenvalue weighted by molar-refractivity contribution is -0.121. The Hall–Kier alpha value is -2.29. The fourth-order valence-electron chi connectivity index (χ4n) is 2.39. The molecule has 0 spiro atoms. The Labute approximate surface area is 156 Å². The molecule has 7 nitrogen and oxygen atoms in total. The molecule has 128 valence electrons. The standard InChI is InChI=1S/C16H12BrClN4O3/c17-10-4-9(7-19-8-10)15(24)21-20-13-6-14(23)22(16(13)25)12-3-1-2-11(18)5-12/h1-5,7-8,13,20H,6H2,(H,21,24). The predicted molar refractivity (Wildman–Crippen MR) is 94.9 cm³/mol. The largest absolute Gasteiger partial charge is 0.287 e. The fourth-order valence-corrected chi connectivity index (χ4v) is 2.94. The summed E-state index contributed by atoms with van der Waals surface area (Å²) in [6.07, 6.45) is 2.87. The second-order valence-electron chi connectivity index (χ2n) is 5.29. The SMILES string of the molecule is O=C(NNC1CC(=O)N(c2cccc(Cl)c2)C1=O)c1cncc(Br)c1. The summed E-state index contributed by atoms with van der Waals surface area (Å²) in [5.41, 5.74) is 5.74. The van der Waals surface area contributed by atoms with Crippen molar-refractivity contribution in [3.63, 3.8) is 0 Å². The predicted octanol–water partition coefficient (Wildman–Crippen LogP) is 2.06. The Morgan fingerprint density at radius 1 is 1.28 bits per heavy atom. The van der Waals surface area contributed by atoms with E-state index in [0.29, 0.717) is 20.7 Å². The second kappa shape index (κ2) is 7.30. The molecule has 2 N–H and O–H groups in total. The highest BCUT2D eigenvalue weighted by molar-refractivity contribution is 9.10. The highest BCUT2D eigenvalue weighted by Gasteiger charge is 2.39. The van der Waals surface area contributed by atoms with Crippen LogP contribution in [-0.4, -0.2) is 28.7 Å². The van der Waals surface area contributed by atoms with E-state index in [4.69, 9.17) is 11.6 Å². The highest BCUT2D eigenvalue weighted by atomic mass is 79.9. The minimum Gasteiger partial charge on any atom is -0.287 e. The molecule has 3 amide bonds. The number of imide groups is 1. The number of halogens is 2. The zero-order valence-corrected chi connectivity index (χ0v) is 15.0. The molecule has 1 saturated heterocycles. The van der Waals surface area contributed by atoms with Gasteiger partial charge < -0.3 is 0 Å². The van der Waals surface area contributed by atoms with Crippen LogP contribution in [0.25, 0.3) is 0 Å². The lowest BCUT2D eigenvalue weighted by Crippen LogP contribution is -2.48. The van der Waals surface area contributed by atoms with Crippen LogP contribution in [-0.2, 0) is 9.59 Å². The maximum atomic E-state index is 12.5. The molecule has 1 unspecified atom stereocenters. The molecule has 1 aromatic heterocycles. The lowest BCUT2D eigenvalue weighted by atomic mass is 10.2. The van der Waals surface area contributed by atoms with Gasteiger partial charge in [0.2, 0.25) is 5.91 Å². The minimum atomic E-state index is -0.851. The highest BCUT2D eigenvalue weighted by Crippen LogP contribution is 2.25. The fraction of sp³-hybridized carbons (Fsp3) is 0.125. The number of benzene rings is 1. The molecular weight excluding hydrogens is 412 g/mol. The van der Waals surface area contributed by atoms with Gasteiger partial charge in [0.1, 0.15) is 6.04 Å². The number of hydrogen-bond donors (Lipinski definition) is 2. The summed E-state index contributed by atoms with van der Waals surface area (Å²) in [4.78, 5) is 41.6. The number of nitrogens with one attached hydrogen (secondary N) is 2. The van der Waals surface area contributed by atoms with Crippen molar-refractivity contribution in [3.05, 3.63) is 57.8 Å². The van der Waals surface area contributed by atoms with Gasteiger partial charge in [-0.25, -0.2) is 10.3 Å². The van der Waals surface area contributed by atoms with Crippen molar-refractivity contribution in [1.82, 2.24) is 15.8 Å². The third-order valence-corrected chi connectivity index (χ3v) is 4.21. The van der Waals surface area contributed by atoms with E-state index in [9.17, 15) is 14.4 Å². The van der Waals surface area contributed by atoms with Gasteiger partial charge in [-0.05, 0) is 40.2 Å². The first-order chi connectivity index (χ1) is 12.0. The Morgan fingerprint density at radius 2 is 2.08 bits per heavy atom. The zero-order chi connectivity index (χ0) is 18.0. The molecular formula is C16H12BrClN4O3. The Morgan fingerprint density at radius 3 is 2.80 bits per heavy atom. The van der Waals surface area contributed by atoms with Crippen molar-refractivity contribution < 1.29 is 14.4 Å². The molecule has 2 heterocycles. The van der Waals surface area contributed by atoms with Crippen molar-refractivity contribution in [3.8, 4) is 0 Å². The minimum absolute atomic E-state index is 0.0671. The molecule has 1 atom stereocenters. The van der Waals surface area contributed by atoms with Crippen LogP contribution in [0.1, 0.15) is 16.8 Å². The maximum Gasteiger partial charge on any atom is 0.266 e. The summed E-state index contributed by atoms with van der Waals surface area (Å²) < 4.78 is 0.652. The van der Waals surface area contributed by atoms with Crippen LogP contribution in [0.5, 0.6) is 0 Å². The summed E-state index contributed by atoms with van der Waals surface area (Å²) in [6, 6.07) is 7.19. The first-order valence-electron chi connectivity index (χ1n) is 7.24. The van der Waals surface area contributed by atoms with Crippen LogP contribution < -0.4 is 15.8 Å². The molecule has 9 heteroatoms. The number of rotatable bonds is 4. The van der Waals surface area contributed by atoms with E-state index in [1.54, 1.807) is 30.5 Å². The van der Waals surface area contributed by atoms with Crippen molar-refractivity contribution >= 4 is 50.9 Å². The summed E-state index contributed by atoms with van der Waals surface area (Å²) in [5.74, 6) is -1.29. The van der Waals surface area contributed by atoms with E-state index in [0.717, 1.165) is 4.90 Å². The number of aromatic nitrogens is 1.